The van der Waals surface area contributed by atoms with Crippen LogP contribution in [0.1, 0.15) is 45.6 Å². The maximum Gasteiger partial charge on any atom is 0.137 e. The highest BCUT2D eigenvalue weighted by molar-refractivity contribution is 5.82. The standard InChI is InChI=1S/C18H25NO/c1-13-10-14-6-4-5-7-16(14)19(13)12-15-11-18(2,3)9-8-17(15)20/h4-7,13,15H,8-12H2,1-3H3. The number of rotatable bonds is 2. The summed E-state index contributed by atoms with van der Waals surface area (Å²) in [6, 6.07) is 9.17. The highest BCUT2D eigenvalue weighted by atomic mass is 16.1. The van der Waals surface area contributed by atoms with Crippen molar-refractivity contribution in [2.24, 2.45) is 11.3 Å². The molecule has 108 valence electrons. The third-order valence-corrected chi connectivity index (χ3v) is 5.07. The number of para-hydroxylation sites is 1. The molecule has 2 atom stereocenters. The van der Waals surface area contributed by atoms with E-state index in [-0.39, 0.29) is 5.92 Å². The number of carbonyl (C=O) groups is 1. The number of benzene rings is 1. The Morgan fingerprint density at radius 2 is 2.05 bits per heavy atom. The lowest BCUT2D eigenvalue weighted by Gasteiger charge is -2.37. The molecule has 0 aromatic heterocycles. The van der Waals surface area contributed by atoms with Gasteiger partial charge in [0.2, 0.25) is 0 Å². The quantitative estimate of drug-likeness (QED) is 0.814. The molecule has 1 saturated carbocycles. The van der Waals surface area contributed by atoms with Gasteiger partial charge < -0.3 is 4.90 Å². The van der Waals surface area contributed by atoms with E-state index in [0.717, 1.165) is 32.2 Å². The molecule has 1 aromatic carbocycles. The van der Waals surface area contributed by atoms with Gasteiger partial charge in [0.15, 0.2) is 0 Å². The molecule has 1 aliphatic carbocycles. The molecule has 2 heteroatoms. The van der Waals surface area contributed by atoms with E-state index in [1.807, 2.05) is 0 Å². The maximum atomic E-state index is 12.3. The zero-order valence-electron chi connectivity index (χ0n) is 12.9. The second-order valence-electron chi connectivity index (χ2n) is 7.37. The topological polar surface area (TPSA) is 20.3 Å². The van der Waals surface area contributed by atoms with E-state index in [1.54, 1.807) is 0 Å². The van der Waals surface area contributed by atoms with Crippen LogP contribution in [0.3, 0.4) is 0 Å². The van der Waals surface area contributed by atoms with Gasteiger partial charge in [0.25, 0.3) is 0 Å². The number of anilines is 1. The third-order valence-electron chi connectivity index (χ3n) is 5.07. The fourth-order valence-corrected chi connectivity index (χ4v) is 3.86. The summed E-state index contributed by atoms with van der Waals surface area (Å²) in [4.78, 5) is 14.7. The SMILES string of the molecule is CC1Cc2ccccc2N1CC1CC(C)(C)CCC1=O. The normalized spacial score (nSPS) is 28.6. The molecule has 1 aromatic rings. The van der Waals surface area contributed by atoms with Crippen LogP contribution in [0.25, 0.3) is 0 Å². The first-order valence-electron chi connectivity index (χ1n) is 7.83. The molecular formula is C18H25NO. The van der Waals surface area contributed by atoms with Crippen LogP contribution in [0, 0.1) is 11.3 Å². The molecule has 2 nitrogen and oxygen atoms in total. The van der Waals surface area contributed by atoms with Gasteiger partial charge in [-0.05, 0) is 43.2 Å². The Kier molecular flexibility index (Phi) is 3.35. The van der Waals surface area contributed by atoms with Crippen LogP contribution >= 0.6 is 0 Å². The fraction of sp³-hybridized carbons (Fsp3) is 0.611. The lowest BCUT2D eigenvalue weighted by Crippen LogP contribution is -2.41. The van der Waals surface area contributed by atoms with Crippen molar-refractivity contribution in [3.63, 3.8) is 0 Å². The van der Waals surface area contributed by atoms with E-state index in [4.69, 9.17) is 0 Å². The van der Waals surface area contributed by atoms with Gasteiger partial charge in [-0.2, -0.15) is 0 Å². The van der Waals surface area contributed by atoms with Gasteiger partial charge in [-0.25, -0.2) is 0 Å². The zero-order valence-corrected chi connectivity index (χ0v) is 12.9. The number of nitrogens with zero attached hydrogens (tertiary/aromatic N) is 1. The van der Waals surface area contributed by atoms with E-state index in [2.05, 4.69) is 49.9 Å². The van der Waals surface area contributed by atoms with Gasteiger partial charge in [0, 0.05) is 30.6 Å². The molecule has 3 rings (SSSR count). The molecule has 20 heavy (non-hydrogen) atoms. The summed E-state index contributed by atoms with van der Waals surface area (Å²) < 4.78 is 0. The molecule has 1 heterocycles. The van der Waals surface area contributed by atoms with Gasteiger partial charge >= 0.3 is 0 Å². The van der Waals surface area contributed by atoms with Gasteiger partial charge in [-0.3, -0.25) is 4.79 Å². The predicted molar refractivity (Wildman–Crippen MR) is 83.1 cm³/mol. The maximum absolute atomic E-state index is 12.3. The minimum Gasteiger partial charge on any atom is -0.368 e. The van der Waals surface area contributed by atoms with Crippen molar-refractivity contribution in [3.05, 3.63) is 29.8 Å². The van der Waals surface area contributed by atoms with Crippen LogP contribution in [-0.4, -0.2) is 18.4 Å². The second kappa shape index (κ2) is 4.91. The number of fused-ring (bicyclic) bond motifs is 1. The molecular weight excluding hydrogens is 246 g/mol. The number of ketones is 1. The Morgan fingerprint density at radius 3 is 2.85 bits per heavy atom. The van der Waals surface area contributed by atoms with E-state index in [9.17, 15) is 4.79 Å². The number of carbonyl (C=O) groups excluding carboxylic acids is 1. The van der Waals surface area contributed by atoms with E-state index in [0.29, 0.717) is 17.2 Å². The molecule has 0 saturated heterocycles. The monoisotopic (exact) mass is 271 g/mol. The molecule has 0 radical (unpaired) electrons. The molecule has 0 N–H and O–H groups in total. The first-order valence-corrected chi connectivity index (χ1v) is 7.83. The molecule has 0 spiro atoms. The number of hydrogen-bond donors (Lipinski definition) is 0. The minimum atomic E-state index is 0.215. The number of Topliss-reactive ketones (excluding diaryl/α,β-unsaturated/α-hetero) is 1. The molecule has 0 bridgehead atoms. The molecule has 2 aliphatic rings. The summed E-state index contributed by atoms with van der Waals surface area (Å²) in [7, 11) is 0. The summed E-state index contributed by atoms with van der Waals surface area (Å²) in [6.07, 6.45) is 3.97. The molecule has 0 amide bonds. The van der Waals surface area contributed by atoms with Crippen LogP contribution in [0.4, 0.5) is 5.69 Å². The van der Waals surface area contributed by atoms with E-state index < -0.39 is 0 Å². The Hall–Kier alpha value is -1.31. The van der Waals surface area contributed by atoms with Crippen molar-refractivity contribution in [2.75, 3.05) is 11.4 Å². The Labute approximate surface area is 122 Å². The predicted octanol–water partition coefficient (Wildman–Crippen LogP) is 3.83. The van der Waals surface area contributed by atoms with E-state index in [1.165, 1.54) is 11.3 Å². The Bertz CT molecular complexity index is 520. The van der Waals surface area contributed by atoms with Crippen LogP contribution in [0.15, 0.2) is 24.3 Å². The first-order chi connectivity index (χ1) is 9.46. The Morgan fingerprint density at radius 1 is 1.30 bits per heavy atom. The minimum absolute atomic E-state index is 0.215. The van der Waals surface area contributed by atoms with Gasteiger partial charge in [-0.1, -0.05) is 32.0 Å². The van der Waals surface area contributed by atoms with Crippen LogP contribution in [0.2, 0.25) is 0 Å². The number of hydrogen-bond acceptors (Lipinski definition) is 2. The van der Waals surface area contributed by atoms with Crippen molar-refractivity contribution in [1.29, 1.82) is 0 Å². The van der Waals surface area contributed by atoms with Gasteiger partial charge in [-0.15, -0.1) is 0 Å². The van der Waals surface area contributed by atoms with Gasteiger partial charge in [0.1, 0.15) is 5.78 Å². The molecule has 1 fully saturated rings. The zero-order chi connectivity index (χ0) is 14.3. The summed E-state index contributed by atoms with van der Waals surface area (Å²) in [5, 5.41) is 0. The summed E-state index contributed by atoms with van der Waals surface area (Å²) in [5.74, 6) is 0.688. The Balaban J connectivity index is 1.79. The average molecular weight is 271 g/mol. The van der Waals surface area contributed by atoms with Crippen molar-refractivity contribution < 1.29 is 4.79 Å². The van der Waals surface area contributed by atoms with Crippen molar-refractivity contribution in [3.8, 4) is 0 Å². The lowest BCUT2D eigenvalue weighted by molar-refractivity contribution is -0.126. The molecule has 1 aliphatic heterocycles. The van der Waals surface area contributed by atoms with Crippen molar-refractivity contribution in [1.82, 2.24) is 0 Å². The fourth-order valence-electron chi connectivity index (χ4n) is 3.86. The summed E-state index contributed by atoms with van der Waals surface area (Å²) >= 11 is 0. The van der Waals surface area contributed by atoms with Crippen LogP contribution < -0.4 is 4.90 Å². The average Bonchev–Trinajstić information content (AvgIpc) is 2.70. The van der Waals surface area contributed by atoms with E-state index >= 15 is 0 Å². The smallest absolute Gasteiger partial charge is 0.137 e. The highest BCUT2D eigenvalue weighted by Gasteiger charge is 2.36. The highest BCUT2D eigenvalue weighted by Crippen LogP contribution is 2.39. The summed E-state index contributed by atoms with van der Waals surface area (Å²) in [5.41, 5.74) is 3.10. The largest absolute Gasteiger partial charge is 0.368 e. The van der Waals surface area contributed by atoms with Crippen LogP contribution in [-0.2, 0) is 11.2 Å². The van der Waals surface area contributed by atoms with Crippen molar-refractivity contribution >= 4 is 11.5 Å². The summed E-state index contributed by atoms with van der Waals surface area (Å²) in [6.45, 7) is 7.78. The van der Waals surface area contributed by atoms with Crippen LogP contribution in [0.5, 0.6) is 0 Å². The van der Waals surface area contributed by atoms with Crippen molar-refractivity contribution in [2.45, 2.75) is 52.5 Å². The third kappa shape index (κ3) is 2.48. The second-order valence-corrected chi connectivity index (χ2v) is 7.37. The molecule has 2 unspecified atom stereocenters. The first kappa shape index (κ1) is 13.7. The van der Waals surface area contributed by atoms with Gasteiger partial charge in [0.05, 0.1) is 0 Å². The lowest BCUT2D eigenvalue weighted by atomic mass is 9.71.